The third kappa shape index (κ3) is 2.34. The Morgan fingerprint density at radius 1 is 1.30 bits per heavy atom. The van der Waals surface area contributed by atoms with Gasteiger partial charge in [0.1, 0.15) is 5.52 Å². The van der Waals surface area contributed by atoms with E-state index in [0.29, 0.717) is 31.9 Å². The van der Waals surface area contributed by atoms with Crippen molar-refractivity contribution < 1.29 is 8.42 Å². The number of imidazole rings is 1. The summed E-state index contributed by atoms with van der Waals surface area (Å²) in [5.41, 5.74) is 1.51. The summed E-state index contributed by atoms with van der Waals surface area (Å²) in [6.07, 6.45) is 4.39. The standard InChI is InChI=1S/C11H16N6O2S/c1-16-7-14-9-6-13-11(15-10(9)16)17-4-2-8(3-5-17)20(12,18)19/h6-8H,2-5H2,1H3,(H2,12,18,19). The average molecular weight is 296 g/mol. The molecule has 2 N–H and O–H groups in total. The number of rotatable bonds is 2. The predicted molar refractivity (Wildman–Crippen MR) is 74.6 cm³/mol. The minimum atomic E-state index is -3.45. The normalized spacial score (nSPS) is 17.8. The van der Waals surface area contributed by atoms with Gasteiger partial charge in [0, 0.05) is 20.1 Å². The van der Waals surface area contributed by atoms with E-state index in [4.69, 9.17) is 5.14 Å². The van der Waals surface area contributed by atoms with Crippen molar-refractivity contribution in [1.29, 1.82) is 0 Å². The highest BCUT2D eigenvalue weighted by Gasteiger charge is 2.28. The van der Waals surface area contributed by atoms with Gasteiger partial charge in [-0.15, -0.1) is 0 Å². The average Bonchev–Trinajstić information content (AvgIpc) is 2.79. The van der Waals surface area contributed by atoms with Crippen molar-refractivity contribution in [3.8, 4) is 0 Å². The molecule has 1 aliphatic heterocycles. The Hall–Kier alpha value is -1.74. The van der Waals surface area contributed by atoms with Crippen LogP contribution in [0.5, 0.6) is 0 Å². The van der Waals surface area contributed by atoms with Gasteiger partial charge in [0.25, 0.3) is 0 Å². The van der Waals surface area contributed by atoms with Crippen LogP contribution >= 0.6 is 0 Å². The van der Waals surface area contributed by atoms with Gasteiger partial charge >= 0.3 is 0 Å². The van der Waals surface area contributed by atoms with Crippen LogP contribution in [0.15, 0.2) is 12.5 Å². The molecule has 108 valence electrons. The van der Waals surface area contributed by atoms with Gasteiger partial charge in [0.05, 0.1) is 17.8 Å². The number of nitrogens with two attached hydrogens (primary N) is 1. The summed E-state index contributed by atoms with van der Waals surface area (Å²) in [5.74, 6) is 0.606. The van der Waals surface area contributed by atoms with Crippen LogP contribution in [0.1, 0.15) is 12.8 Å². The highest BCUT2D eigenvalue weighted by molar-refractivity contribution is 7.89. The SMILES string of the molecule is Cn1cnc2cnc(N3CCC(S(N)(=O)=O)CC3)nc21. The number of nitrogens with zero attached hydrogens (tertiary/aromatic N) is 5. The molecular weight excluding hydrogens is 280 g/mol. The number of hydrogen-bond acceptors (Lipinski definition) is 6. The third-order valence-corrected chi connectivity index (χ3v) is 5.03. The van der Waals surface area contributed by atoms with E-state index in [0.717, 1.165) is 11.2 Å². The molecule has 0 saturated carbocycles. The number of hydrogen-bond donors (Lipinski definition) is 1. The van der Waals surface area contributed by atoms with Crippen molar-refractivity contribution in [2.75, 3.05) is 18.0 Å². The lowest BCUT2D eigenvalue weighted by Gasteiger charge is -2.30. The molecular formula is C11H16N6O2S. The lowest BCUT2D eigenvalue weighted by atomic mass is 10.1. The monoisotopic (exact) mass is 296 g/mol. The van der Waals surface area contributed by atoms with Gasteiger partial charge in [-0.25, -0.2) is 23.5 Å². The maximum absolute atomic E-state index is 11.3. The summed E-state index contributed by atoms with van der Waals surface area (Å²) in [6, 6.07) is 0. The quantitative estimate of drug-likeness (QED) is 0.809. The maximum atomic E-state index is 11.3. The molecule has 1 saturated heterocycles. The van der Waals surface area contributed by atoms with Crippen molar-refractivity contribution in [2.45, 2.75) is 18.1 Å². The molecule has 8 nitrogen and oxygen atoms in total. The summed E-state index contributed by atoms with van der Waals surface area (Å²) in [4.78, 5) is 14.9. The molecule has 20 heavy (non-hydrogen) atoms. The maximum Gasteiger partial charge on any atom is 0.227 e. The Labute approximate surface area is 116 Å². The zero-order chi connectivity index (χ0) is 14.3. The van der Waals surface area contributed by atoms with Gasteiger partial charge in [0.15, 0.2) is 5.65 Å². The Bertz CT molecular complexity index is 732. The lowest BCUT2D eigenvalue weighted by Crippen LogP contribution is -2.42. The second kappa shape index (κ2) is 4.67. The van der Waals surface area contributed by atoms with Gasteiger partial charge in [0.2, 0.25) is 16.0 Å². The number of aromatic nitrogens is 4. The van der Waals surface area contributed by atoms with Crippen LogP contribution in [-0.4, -0.2) is 46.3 Å². The minimum Gasteiger partial charge on any atom is -0.341 e. The van der Waals surface area contributed by atoms with Gasteiger partial charge in [-0.2, -0.15) is 4.98 Å². The molecule has 3 rings (SSSR count). The molecule has 0 radical (unpaired) electrons. The van der Waals surface area contributed by atoms with Crippen molar-refractivity contribution in [3.05, 3.63) is 12.5 Å². The van der Waals surface area contributed by atoms with E-state index in [-0.39, 0.29) is 0 Å². The van der Waals surface area contributed by atoms with Crippen LogP contribution in [0.4, 0.5) is 5.95 Å². The fourth-order valence-electron chi connectivity index (χ4n) is 2.45. The molecule has 1 fully saturated rings. The summed E-state index contributed by atoms with van der Waals surface area (Å²) in [5, 5.41) is 4.73. The number of primary sulfonamides is 1. The zero-order valence-electron chi connectivity index (χ0n) is 11.1. The first kappa shape index (κ1) is 13.3. The largest absolute Gasteiger partial charge is 0.341 e. The van der Waals surface area contributed by atoms with Crippen LogP contribution in [0.25, 0.3) is 11.2 Å². The zero-order valence-corrected chi connectivity index (χ0v) is 11.9. The topological polar surface area (TPSA) is 107 Å². The molecule has 0 bridgehead atoms. The summed E-state index contributed by atoms with van der Waals surface area (Å²) >= 11 is 0. The minimum absolute atomic E-state index is 0.459. The number of fused-ring (bicyclic) bond motifs is 1. The summed E-state index contributed by atoms with van der Waals surface area (Å²) < 4.78 is 24.5. The summed E-state index contributed by atoms with van der Waals surface area (Å²) in [6.45, 7) is 1.18. The van der Waals surface area contributed by atoms with Gasteiger partial charge in [-0.1, -0.05) is 0 Å². The predicted octanol–water partition coefficient (Wildman–Crippen LogP) is -0.379. The molecule has 0 spiro atoms. The van der Waals surface area contributed by atoms with Gasteiger partial charge in [-0.3, -0.25) is 0 Å². The number of piperidine rings is 1. The lowest BCUT2D eigenvalue weighted by molar-refractivity contribution is 0.527. The van der Waals surface area contributed by atoms with Crippen molar-refractivity contribution >= 4 is 27.1 Å². The van der Waals surface area contributed by atoms with Gasteiger partial charge < -0.3 is 9.47 Å². The van der Waals surface area contributed by atoms with Crippen LogP contribution < -0.4 is 10.0 Å². The second-order valence-electron chi connectivity index (χ2n) is 5.01. The van der Waals surface area contributed by atoms with E-state index in [1.165, 1.54) is 0 Å². The third-order valence-electron chi connectivity index (χ3n) is 3.63. The number of anilines is 1. The molecule has 0 aromatic carbocycles. The summed E-state index contributed by atoms with van der Waals surface area (Å²) in [7, 11) is -1.57. The van der Waals surface area contributed by atoms with E-state index < -0.39 is 15.3 Å². The molecule has 2 aromatic rings. The molecule has 0 unspecified atom stereocenters. The molecule has 1 aliphatic rings. The van der Waals surface area contributed by atoms with E-state index >= 15 is 0 Å². The molecule has 2 aromatic heterocycles. The first-order valence-electron chi connectivity index (χ1n) is 6.36. The second-order valence-corrected chi connectivity index (χ2v) is 6.85. The van der Waals surface area contributed by atoms with E-state index in [9.17, 15) is 8.42 Å². The molecule has 0 atom stereocenters. The Morgan fingerprint density at radius 3 is 2.65 bits per heavy atom. The highest BCUT2D eigenvalue weighted by atomic mass is 32.2. The molecule has 9 heteroatoms. The van der Waals surface area contributed by atoms with Gasteiger partial charge in [-0.05, 0) is 12.8 Å². The van der Waals surface area contributed by atoms with E-state index in [2.05, 4.69) is 15.0 Å². The highest BCUT2D eigenvalue weighted by Crippen LogP contribution is 2.20. The van der Waals surface area contributed by atoms with Crippen LogP contribution in [-0.2, 0) is 17.1 Å². The van der Waals surface area contributed by atoms with Crippen molar-refractivity contribution in [1.82, 2.24) is 19.5 Å². The first-order chi connectivity index (χ1) is 9.45. The molecule has 0 aliphatic carbocycles. The first-order valence-corrected chi connectivity index (χ1v) is 7.97. The Morgan fingerprint density at radius 2 is 2.00 bits per heavy atom. The molecule has 0 amide bonds. The van der Waals surface area contributed by atoms with E-state index in [1.54, 1.807) is 12.5 Å². The van der Waals surface area contributed by atoms with E-state index in [1.807, 2.05) is 16.5 Å². The smallest absolute Gasteiger partial charge is 0.227 e. The van der Waals surface area contributed by atoms with Crippen molar-refractivity contribution in [2.24, 2.45) is 12.2 Å². The fraction of sp³-hybridized carbons (Fsp3) is 0.545. The molecule has 3 heterocycles. The number of aryl methyl sites for hydroxylation is 1. The van der Waals surface area contributed by atoms with Crippen LogP contribution in [0, 0.1) is 0 Å². The van der Waals surface area contributed by atoms with Crippen LogP contribution in [0.2, 0.25) is 0 Å². The Balaban J connectivity index is 1.81. The number of sulfonamides is 1. The van der Waals surface area contributed by atoms with Crippen molar-refractivity contribution in [3.63, 3.8) is 0 Å². The Kier molecular flexibility index (Phi) is 3.09. The van der Waals surface area contributed by atoms with Crippen LogP contribution in [0.3, 0.4) is 0 Å². The fourth-order valence-corrected chi connectivity index (χ4v) is 3.32.